The van der Waals surface area contributed by atoms with E-state index >= 15 is 0 Å². The van der Waals surface area contributed by atoms with Gasteiger partial charge < -0.3 is 14.6 Å². The fourth-order valence-electron chi connectivity index (χ4n) is 3.38. The molecule has 2 aromatic rings. The third-order valence-electron chi connectivity index (χ3n) is 4.51. The van der Waals surface area contributed by atoms with Gasteiger partial charge in [0.15, 0.2) is 0 Å². The molecule has 2 aliphatic rings. The van der Waals surface area contributed by atoms with Crippen LogP contribution in [0.2, 0.25) is 0 Å². The van der Waals surface area contributed by atoms with E-state index in [2.05, 4.69) is 4.90 Å². The van der Waals surface area contributed by atoms with Crippen LogP contribution < -0.4 is 4.74 Å². The molecule has 128 valence electrons. The number of rotatable bonds is 3. The molecule has 24 heavy (non-hydrogen) atoms. The Labute approximate surface area is 144 Å². The van der Waals surface area contributed by atoms with Crippen LogP contribution in [0.25, 0.3) is 0 Å². The molecule has 0 unspecified atom stereocenters. The molecule has 1 fully saturated rings. The van der Waals surface area contributed by atoms with Gasteiger partial charge >= 0.3 is 0 Å². The highest BCUT2D eigenvalue weighted by atomic mass is 32.1. The molecule has 0 amide bonds. The van der Waals surface area contributed by atoms with Gasteiger partial charge in [0.1, 0.15) is 11.6 Å². The summed E-state index contributed by atoms with van der Waals surface area (Å²) in [7, 11) is 0. The molecule has 2 atom stereocenters. The van der Waals surface area contributed by atoms with Gasteiger partial charge in [0.25, 0.3) is 0 Å². The SMILES string of the molecule is O[C@@H]1CCCN(Cc2cc(F)cc3c2O[C@@H](c2ccsc2)OC3)C1. The van der Waals surface area contributed by atoms with Crippen molar-refractivity contribution in [3.63, 3.8) is 0 Å². The number of fused-ring (bicyclic) bond motifs is 1. The molecule has 6 heteroatoms. The van der Waals surface area contributed by atoms with Crippen molar-refractivity contribution in [2.75, 3.05) is 13.1 Å². The van der Waals surface area contributed by atoms with E-state index in [1.165, 1.54) is 12.1 Å². The van der Waals surface area contributed by atoms with Crippen LogP contribution >= 0.6 is 11.3 Å². The van der Waals surface area contributed by atoms with Gasteiger partial charge in [0, 0.05) is 35.2 Å². The van der Waals surface area contributed by atoms with Crippen LogP contribution in [-0.4, -0.2) is 29.2 Å². The summed E-state index contributed by atoms with van der Waals surface area (Å²) >= 11 is 1.59. The number of piperidine rings is 1. The van der Waals surface area contributed by atoms with Gasteiger partial charge in [-0.05, 0) is 43.0 Å². The van der Waals surface area contributed by atoms with Crippen LogP contribution in [-0.2, 0) is 17.9 Å². The van der Waals surface area contributed by atoms with E-state index in [1.807, 2.05) is 16.8 Å². The molecule has 0 spiro atoms. The number of hydrogen-bond donors (Lipinski definition) is 1. The lowest BCUT2D eigenvalue weighted by Crippen LogP contribution is -2.37. The topological polar surface area (TPSA) is 41.9 Å². The van der Waals surface area contributed by atoms with Crippen molar-refractivity contribution in [1.29, 1.82) is 0 Å². The van der Waals surface area contributed by atoms with Crippen molar-refractivity contribution < 1.29 is 19.0 Å². The average molecular weight is 349 g/mol. The van der Waals surface area contributed by atoms with Gasteiger partial charge in [0.2, 0.25) is 6.29 Å². The first kappa shape index (κ1) is 16.0. The molecular weight excluding hydrogens is 329 g/mol. The van der Waals surface area contributed by atoms with Gasteiger partial charge in [-0.1, -0.05) is 0 Å². The Kier molecular flexibility index (Phi) is 4.54. The van der Waals surface area contributed by atoms with Crippen LogP contribution in [0.15, 0.2) is 29.0 Å². The van der Waals surface area contributed by atoms with E-state index in [9.17, 15) is 9.50 Å². The van der Waals surface area contributed by atoms with E-state index in [1.54, 1.807) is 11.3 Å². The third kappa shape index (κ3) is 3.32. The van der Waals surface area contributed by atoms with Gasteiger partial charge in [-0.25, -0.2) is 4.39 Å². The van der Waals surface area contributed by atoms with E-state index in [0.29, 0.717) is 19.7 Å². The third-order valence-corrected chi connectivity index (χ3v) is 5.21. The van der Waals surface area contributed by atoms with Crippen molar-refractivity contribution in [2.45, 2.75) is 38.4 Å². The zero-order valence-electron chi connectivity index (χ0n) is 13.3. The van der Waals surface area contributed by atoms with Crippen LogP contribution in [0.5, 0.6) is 5.75 Å². The highest BCUT2D eigenvalue weighted by Crippen LogP contribution is 2.37. The van der Waals surface area contributed by atoms with Crippen molar-refractivity contribution in [3.05, 3.63) is 51.5 Å². The number of aliphatic hydroxyl groups excluding tert-OH is 1. The van der Waals surface area contributed by atoms with Gasteiger partial charge in [-0.15, -0.1) is 0 Å². The highest BCUT2D eigenvalue weighted by Gasteiger charge is 2.27. The number of β-amino-alcohol motifs (C(OH)–C–C–N with tert-alkyl or cyclic N) is 1. The molecule has 0 bridgehead atoms. The molecular formula is C18H20FNO3S. The van der Waals surface area contributed by atoms with Gasteiger partial charge in [-0.2, -0.15) is 11.3 Å². The van der Waals surface area contributed by atoms with Crippen molar-refractivity contribution in [3.8, 4) is 5.75 Å². The molecule has 2 aliphatic heterocycles. The normalized spacial score (nSPS) is 24.4. The van der Waals surface area contributed by atoms with Gasteiger partial charge in [0.05, 0.1) is 12.7 Å². The summed E-state index contributed by atoms with van der Waals surface area (Å²) < 4.78 is 25.8. The van der Waals surface area contributed by atoms with Crippen molar-refractivity contribution in [1.82, 2.24) is 4.90 Å². The molecule has 4 nitrogen and oxygen atoms in total. The minimum absolute atomic E-state index is 0.275. The number of benzene rings is 1. The monoisotopic (exact) mass is 349 g/mol. The Hall–Kier alpha value is -1.47. The van der Waals surface area contributed by atoms with E-state index in [0.717, 1.165) is 41.8 Å². The fourth-order valence-corrected chi connectivity index (χ4v) is 4.04. The summed E-state index contributed by atoms with van der Waals surface area (Å²) in [5, 5.41) is 13.8. The summed E-state index contributed by atoms with van der Waals surface area (Å²) in [6.45, 7) is 2.44. The first-order chi connectivity index (χ1) is 11.7. The van der Waals surface area contributed by atoms with Crippen LogP contribution in [0.3, 0.4) is 0 Å². The first-order valence-electron chi connectivity index (χ1n) is 8.21. The molecule has 4 rings (SSSR count). The molecule has 3 heterocycles. The van der Waals surface area contributed by atoms with Crippen LogP contribution in [0.1, 0.15) is 35.8 Å². The van der Waals surface area contributed by atoms with E-state index < -0.39 is 6.29 Å². The number of nitrogens with zero attached hydrogens (tertiary/aromatic N) is 1. The Morgan fingerprint density at radius 3 is 3.08 bits per heavy atom. The first-order valence-corrected chi connectivity index (χ1v) is 9.15. The van der Waals surface area contributed by atoms with Crippen LogP contribution in [0, 0.1) is 5.82 Å². The highest BCUT2D eigenvalue weighted by molar-refractivity contribution is 7.07. The van der Waals surface area contributed by atoms with Crippen LogP contribution in [0.4, 0.5) is 4.39 Å². The smallest absolute Gasteiger partial charge is 0.227 e. The molecule has 0 aliphatic carbocycles. The zero-order chi connectivity index (χ0) is 16.5. The molecule has 0 radical (unpaired) electrons. The maximum Gasteiger partial charge on any atom is 0.227 e. The van der Waals surface area contributed by atoms with E-state index in [4.69, 9.17) is 9.47 Å². The summed E-state index contributed by atoms with van der Waals surface area (Å²) in [6, 6.07) is 4.99. The maximum absolute atomic E-state index is 14.0. The predicted molar refractivity (Wildman–Crippen MR) is 89.4 cm³/mol. The zero-order valence-corrected chi connectivity index (χ0v) is 14.1. The standard InChI is InChI=1S/C18H20FNO3S/c19-15-6-13(8-20-4-1-2-16(21)9-20)17-14(7-15)10-22-18(23-17)12-3-5-24-11-12/h3,5-7,11,16,18,21H,1-2,4,8-10H2/t16-,18+/m1/s1. The second-order valence-electron chi connectivity index (χ2n) is 6.40. The Balaban J connectivity index is 1.59. The quantitative estimate of drug-likeness (QED) is 0.922. The minimum atomic E-state index is -0.445. The fraction of sp³-hybridized carbons (Fsp3) is 0.444. The average Bonchev–Trinajstić information content (AvgIpc) is 3.09. The number of hydrogen-bond acceptors (Lipinski definition) is 5. The minimum Gasteiger partial charge on any atom is -0.460 e. The Morgan fingerprint density at radius 2 is 2.29 bits per heavy atom. The lowest BCUT2D eigenvalue weighted by molar-refractivity contribution is -0.112. The lowest BCUT2D eigenvalue weighted by atomic mass is 10.0. The van der Waals surface area contributed by atoms with Crippen molar-refractivity contribution in [2.24, 2.45) is 0 Å². The van der Waals surface area contributed by atoms with Crippen molar-refractivity contribution >= 4 is 11.3 Å². The number of aliphatic hydroxyl groups is 1. The molecule has 1 N–H and O–H groups in total. The second kappa shape index (κ2) is 6.80. The second-order valence-corrected chi connectivity index (χ2v) is 7.18. The predicted octanol–water partition coefficient (Wildman–Crippen LogP) is 3.45. The molecule has 1 saturated heterocycles. The summed E-state index contributed by atoms with van der Waals surface area (Å²) in [5.41, 5.74) is 2.55. The largest absolute Gasteiger partial charge is 0.460 e. The summed E-state index contributed by atoms with van der Waals surface area (Å²) in [4.78, 5) is 2.15. The van der Waals surface area contributed by atoms with E-state index in [-0.39, 0.29) is 11.9 Å². The molecule has 1 aromatic carbocycles. The maximum atomic E-state index is 14.0. The number of likely N-dealkylation sites (tertiary alicyclic amines) is 1. The lowest BCUT2D eigenvalue weighted by Gasteiger charge is -2.32. The number of thiophene rings is 1. The Morgan fingerprint density at radius 1 is 1.38 bits per heavy atom. The number of ether oxygens (including phenoxy) is 2. The Bertz CT molecular complexity index is 707. The summed E-state index contributed by atoms with van der Waals surface area (Å²) in [6.07, 6.45) is 1.05. The van der Waals surface area contributed by atoms with Gasteiger partial charge in [-0.3, -0.25) is 4.90 Å². The number of halogens is 1. The molecule has 0 saturated carbocycles. The summed E-state index contributed by atoms with van der Waals surface area (Å²) in [5.74, 6) is 0.446. The molecule has 1 aromatic heterocycles.